The smallest absolute Gasteiger partial charge is 0.258 e. The number of para-hydroxylation sites is 1. The molecule has 1 aliphatic rings. The fourth-order valence-electron chi connectivity index (χ4n) is 3.82. The van der Waals surface area contributed by atoms with Gasteiger partial charge in [-0.05, 0) is 49.1 Å². The lowest BCUT2D eigenvalue weighted by Crippen LogP contribution is -2.15. The first kappa shape index (κ1) is 18.2. The Morgan fingerprint density at radius 2 is 1.90 bits per heavy atom. The van der Waals surface area contributed by atoms with Crippen molar-refractivity contribution < 1.29 is 13.2 Å². The second-order valence-electron chi connectivity index (χ2n) is 7.16. The van der Waals surface area contributed by atoms with Crippen LogP contribution < -0.4 is 5.32 Å². The zero-order chi connectivity index (χ0) is 20.2. The van der Waals surface area contributed by atoms with Crippen molar-refractivity contribution in [2.45, 2.75) is 24.2 Å². The third kappa shape index (κ3) is 3.18. The van der Waals surface area contributed by atoms with Gasteiger partial charge in [-0.25, -0.2) is 13.4 Å². The molecule has 146 valence electrons. The number of fused-ring (bicyclic) bond motifs is 3. The van der Waals surface area contributed by atoms with E-state index in [0.717, 1.165) is 41.4 Å². The van der Waals surface area contributed by atoms with Gasteiger partial charge in [-0.1, -0.05) is 29.5 Å². The van der Waals surface area contributed by atoms with Crippen molar-refractivity contribution in [2.24, 2.45) is 0 Å². The molecule has 0 radical (unpaired) electrons. The molecule has 1 amide bonds. The molecule has 0 unspecified atom stereocenters. The van der Waals surface area contributed by atoms with E-state index in [4.69, 9.17) is 4.98 Å². The second kappa shape index (κ2) is 6.60. The van der Waals surface area contributed by atoms with E-state index in [1.165, 1.54) is 23.7 Å². The van der Waals surface area contributed by atoms with Crippen LogP contribution in [0, 0.1) is 0 Å². The van der Waals surface area contributed by atoms with Crippen LogP contribution in [0.3, 0.4) is 0 Å². The molecule has 0 saturated carbocycles. The van der Waals surface area contributed by atoms with Gasteiger partial charge >= 0.3 is 0 Å². The number of anilines is 1. The highest BCUT2D eigenvalue weighted by Crippen LogP contribution is 2.32. The van der Waals surface area contributed by atoms with Crippen LogP contribution in [-0.2, 0) is 22.7 Å². The SMILES string of the molecule is CS(=O)(=O)c1ccc2nc(NC(=O)c3c4c(nc5ccccc35)CCC4)sc2c1. The molecule has 5 rings (SSSR count). The molecule has 0 spiro atoms. The summed E-state index contributed by atoms with van der Waals surface area (Å²) in [6.07, 6.45) is 3.89. The highest BCUT2D eigenvalue weighted by Gasteiger charge is 2.24. The Labute approximate surface area is 171 Å². The first-order chi connectivity index (χ1) is 13.9. The van der Waals surface area contributed by atoms with Crippen LogP contribution >= 0.6 is 11.3 Å². The number of hydrogen-bond donors (Lipinski definition) is 1. The molecule has 0 atom stereocenters. The number of nitrogens with zero attached hydrogens (tertiary/aromatic N) is 2. The molecule has 0 aliphatic heterocycles. The summed E-state index contributed by atoms with van der Waals surface area (Å²) in [5, 5.41) is 4.21. The van der Waals surface area contributed by atoms with Crippen LogP contribution in [0.1, 0.15) is 28.0 Å². The van der Waals surface area contributed by atoms with Crippen LogP contribution in [0.4, 0.5) is 5.13 Å². The minimum Gasteiger partial charge on any atom is -0.298 e. The van der Waals surface area contributed by atoms with Crippen LogP contribution in [0.15, 0.2) is 47.4 Å². The van der Waals surface area contributed by atoms with Gasteiger partial charge in [-0.3, -0.25) is 15.1 Å². The number of thiazole rings is 1. The summed E-state index contributed by atoms with van der Waals surface area (Å²) >= 11 is 1.27. The van der Waals surface area contributed by atoms with E-state index in [0.29, 0.717) is 20.9 Å². The first-order valence-electron chi connectivity index (χ1n) is 9.22. The third-order valence-corrected chi connectivity index (χ3v) is 7.20. The van der Waals surface area contributed by atoms with Crippen LogP contribution in [0.2, 0.25) is 0 Å². The maximum absolute atomic E-state index is 13.2. The van der Waals surface area contributed by atoms with Gasteiger partial charge < -0.3 is 0 Å². The van der Waals surface area contributed by atoms with Crippen molar-refractivity contribution in [1.82, 2.24) is 9.97 Å². The van der Waals surface area contributed by atoms with Gasteiger partial charge in [0.25, 0.3) is 5.91 Å². The van der Waals surface area contributed by atoms with E-state index >= 15 is 0 Å². The minimum atomic E-state index is -3.30. The van der Waals surface area contributed by atoms with Crippen molar-refractivity contribution >= 4 is 53.3 Å². The van der Waals surface area contributed by atoms with E-state index < -0.39 is 9.84 Å². The zero-order valence-electron chi connectivity index (χ0n) is 15.6. The van der Waals surface area contributed by atoms with E-state index in [1.54, 1.807) is 12.1 Å². The second-order valence-corrected chi connectivity index (χ2v) is 10.2. The molecule has 4 aromatic rings. The number of hydrogen-bond acceptors (Lipinski definition) is 6. The van der Waals surface area contributed by atoms with Gasteiger partial charge in [0.2, 0.25) is 0 Å². The Balaban J connectivity index is 1.56. The van der Waals surface area contributed by atoms with Crippen molar-refractivity contribution in [3.8, 4) is 0 Å². The summed E-state index contributed by atoms with van der Waals surface area (Å²) < 4.78 is 24.3. The summed E-state index contributed by atoms with van der Waals surface area (Å²) in [5.74, 6) is -0.204. The van der Waals surface area contributed by atoms with Crippen molar-refractivity contribution in [3.05, 3.63) is 59.3 Å². The molecule has 1 aliphatic carbocycles. The van der Waals surface area contributed by atoms with Crippen LogP contribution in [0.5, 0.6) is 0 Å². The number of pyridine rings is 1. The van der Waals surface area contributed by atoms with Crippen molar-refractivity contribution in [1.29, 1.82) is 0 Å². The lowest BCUT2D eigenvalue weighted by Gasteiger charge is -2.11. The largest absolute Gasteiger partial charge is 0.298 e. The van der Waals surface area contributed by atoms with Gasteiger partial charge in [-0.15, -0.1) is 0 Å². The fraction of sp³-hybridized carbons (Fsp3) is 0.190. The van der Waals surface area contributed by atoms with Gasteiger partial charge in [0, 0.05) is 17.3 Å². The van der Waals surface area contributed by atoms with E-state index in [-0.39, 0.29) is 10.8 Å². The maximum Gasteiger partial charge on any atom is 0.258 e. The molecule has 0 bridgehead atoms. The molecule has 0 saturated heterocycles. The lowest BCUT2D eigenvalue weighted by molar-refractivity contribution is 0.102. The molecule has 2 aromatic heterocycles. The molecule has 0 fully saturated rings. The van der Waals surface area contributed by atoms with Gasteiger partial charge in [-0.2, -0.15) is 0 Å². The van der Waals surface area contributed by atoms with E-state index in [9.17, 15) is 13.2 Å². The molecule has 6 nitrogen and oxygen atoms in total. The molecule has 1 N–H and O–H groups in total. The van der Waals surface area contributed by atoms with Gasteiger partial charge in [0.15, 0.2) is 15.0 Å². The highest BCUT2D eigenvalue weighted by molar-refractivity contribution is 7.90. The third-order valence-electron chi connectivity index (χ3n) is 5.15. The first-order valence-corrected chi connectivity index (χ1v) is 11.9. The monoisotopic (exact) mass is 423 g/mol. The average Bonchev–Trinajstić information content (AvgIpc) is 3.30. The fourth-order valence-corrected chi connectivity index (χ4v) is 5.44. The van der Waals surface area contributed by atoms with Gasteiger partial charge in [0.1, 0.15) is 0 Å². The summed E-state index contributed by atoms with van der Waals surface area (Å²) in [7, 11) is -3.30. The number of amides is 1. The molecular formula is C21H17N3O3S2. The molecule has 29 heavy (non-hydrogen) atoms. The number of aromatic nitrogens is 2. The molecule has 8 heteroatoms. The number of aryl methyl sites for hydroxylation is 1. The highest BCUT2D eigenvalue weighted by atomic mass is 32.2. The zero-order valence-corrected chi connectivity index (χ0v) is 17.2. The lowest BCUT2D eigenvalue weighted by atomic mass is 10.0. The summed E-state index contributed by atoms with van der Waals surface area (Å²) in [6.45, 7) is 0. The van der Waals surface area contributed by atoms with Crippen LogP contribution in [-0.4, -0.2) is 30.5 Å². The standard InChI is InChI=1S/C21H17N3O3S2/c1-29(26,27)12-9-10-17-18(11-12)28-21(23-17)24-20(25)19-13-5-2-3-7-15(13)22-16-8-4-6-14(16)19/h2-3,5,7,9-11H,4,6,8H2,1H3,(H,23,24,25). The molecule has 2 aromatic carbocycles. The van der Waals surface area contributed by atoms with Crippen LogP contribution in [0.25, 0.3) is 21.1 Å². The van der Waals surface area contributed by atoms with E-state index in [2.05, 4.69) is 10.3 Å². The predicted molar refractivity (Wildman–Crippen MR) is 114 cm³/mol. The minimum absolute atomic E-state index is 0.204. The Bertz CT molecular complexity index is 1410. The topological polar surface area (TPSA) is 89.0 Å². The maximum atomic E-state index is 13.2. The Kier molecular flexibility index (Phi) is 4.15. The van der Waals surface area contributed by atoms with E-state index in [1.807, 2.05) is 24.3 Å². The number of sulfone groups is 1. The predicted octanol–water partition coefficient (Wildman–Crippen LogP) is 3.99. The van der Waals surface area contributed by atoms with Crippen molar-refractivity contribution in [2.75, 3.05) is 11.6 Å². The number of benzene rings is 2. The van der Waals surface area contributed by atoms with Crippen molar-refractivity contribution in [3.63, 3.8) is 0 Å². The number of carbonyl (C=O) groups is 1. The normalized spacial score (nSPS) is 13.7. The number of rotatable bonds is 3. The Hall–Kier alpha value is -2.84. The molecular weight excluding hydrogens is 406 g/mol. The summed E-state index contributed by atoms with van der Waals surface area (Å²) in [6, 6.07) is 12.5. The number of carbonyl (C=O) groups excluding carboxylic acids is 1. The summed E-state index contributed by atoms with van der Waals surface area (Å²) in [4.78, 5) is 22.6. The number of nitrogens with one attached hydrogen (secondary N) is 1. The molecule has 2 heterocycles. The Morgan fingerprint density at radius 3 is 2.72 bits per heavy atom. The van der Waals surface area contributed by atoms with Gasteiger partial charge in [0.05, 0.1) is 26.2 Å². The summed E-state index contributed by atoms with van der Waals surface area (Å²) in [5.41, 5.74) is 4.15. The quantitative estimate of drug-likeness (QED) is 0.538. The Morgan fingerprint density at radius 1 is 1.07 bits per heavy atom. The average molecular weight is 424 g/mol.